The maximum absolute atomic E-state index is 13.3. The van der Waals surface area contributed by atoms with Gasteiger partial charge < -0.3 is 9.84 Å². The minimum absolute atomic E-state index is 0.0864. The summed E-state index contributed by atoms with van der Waals surface area (Å²) >= 11 is 0. The van der Waals surface area contributed by atoms with Crippen LogP contribution in [0.3, 0.4) is 0 Å². The molecule has 1 aromatic rings. The first-order valence-electron chi connectivity index (χ1n) is 11.7. The minimum Gasteiger partial charge on any atom is -0.497 e. The van der Waals surface area contributed by atoms with Gasteiger partial charge in [-0.3, -0.25) is 9.69 Å². The summed E-state index contributed by atoms with van der Waals surface area (Å²) in [6.07, 6.45) is 8.25. The van der Waals surface area contributed by atoms with Crippen molar-refractivity contribution >= 4 is 5.78 Å². The average Bonchev–Trinajstić information content (AvgIpc) is 3.53. The Bertz CT molecular complexity index is 886. The Hall–Kier alpha value is -1.65. The molecule has 5 rings (SSSR count). The maximum atomic E-state index is 13.3. The number of piperidine rings is 1. The van der Waals surface area contributed by atoms with Gasteiger partial charge >= 0.3 is 0 Å². The van der Waals surface area contributed by atoms with E-state index in [4.69, 9.17) is 4.74 Å². The molecule has 2 bridgehead atoms. The van der Waals surface area contributed by atoms with Crippen molar-refractivity contribution < 1.29 is 14.6 Å². The lowest BCUT2D eigenvalue weighted by Gasteiger charge is -2.63. The Morgan fingerprint density at radius 1 is 1.30 bits per heavy atom. The molecule has 1 aromatic carbocycles. The highest BCUT2D eigenvalue weighted by Gasteiger charge is 2.65. The van der Waals surface area contributed by atoms with Gasteiger partial charge in [0.15, 0.2) is 5.78 Å². The largest absolute Gasteiger partial charge is 0.497 e. The van der Waals surface area contributed by atoms with E-state index in [1.54, 1.807) is 7.11 Å². The van der Waals surface area contributed by atoms with E-state index in [1.807, 2.05) is 6.07 Å². The molecule has 1 N–H and O–H groups in total. The number of Topliss-reactive ketones (excluding diaryl/α,β-unsaturated/α-hetero) is 1. The van der Waals surface area contributed by atoms with Gasteiger partial charge in [-0.15, -0.1) is 0 Å². The van der Waals surface area contributed by atoms with E-state index in [-0.39, 0.29) is 11.8 Å². The number of nitrogens with zero attached hydrogens (tertiary/aromatic N) is 1. The first-order chi connectivity index (χ1) is 14.4. The van der Waals surface area contributed by atoms with Crippen molar-refractivity contribution in [2.45, 2.75) is 75.9 Å². The Kier molecular flexibility index (Phi) is 4.86. The van der Waals surface area contributed by atoms with Gasteiger partial charge in [0, 0.05) is 30.8 Å². The van der Waals surface area contributed by atoms with Crippen LogP contribution in [0.4, 0.5) is 0 Å². The summed E-state index contributed by atoms with van der Waals surface area (Å²) in [5.74, 6) is 2.35. The monoisotopic (exact) mass is 409 g/mol. The molecule has 2 saturated carbocycles. The number of aliphatic hydroxyl groups is 1. The number of allylic oxidation sites excluding steroid dienone is 1. The fourth-order valence-corrected chi connectivity index (χ4v) is 6.32. The molecule has 4 heteroatoms. The topological polar surface area (TPSA) is 49.8 Å². The van der Waals surface area contributed by atoms with Gasteiger partial charge in [0.05, 0.1) is 12.7 Å². The Morgan fingerprint density at radius 2 is 2.10 bits per heavy atom. The van der Waals surface area contributed by atoms with E-state index in [1.165, 1.54) is 18.4 Å². The third-order valence-corrected chi connectivity index (χ3v) is 8.20. The maximum Gasteiger partial charge on any atom is 0.159 e. The van der Waals surface area contributed by atoms with Gasteiger partial charge in [-0.05, 0) is 79.3 Å². The minimum atomic E-state index is -0.893. The van der Waals surface area contributed by atoms with Gasteiger partial charge in [-0.1, -0.05) is 26.0 Å². The van der Waals surface area contributed by atoms with Crippen molar-refractivity contribution in [1.82, 2.24) is 4.90 Å². The third kappa shape index (κ3) is 3.06. The van der Waals surface area contributed by atoms with Gasteiger partial charge in [-0.25, -0.2) is 0 Å². The number of hydrogen-bond donors (Lipinski definition) is 1. The number of carbonyl (C=O) groups is 1. The fourth-order valence-electron chi connectivity index (χ4n) is 6.32. The van der Waals surface area contributed by atoms with Gasteiger partial charge in [0.2, 0.25) is 0 Å². The number of ether oxygens (including phenoxy) is 1. The van der Waals surface area contributed by atoms with E-state index in [2.05, 4.69) is 37.0 Å². The molecule has 0 radical (unpaired) electrons. The highest BCUT2D eigenvalue weighted by Crippen LogP contribution is 2.59. The molecule has 4 aliphatic rings. The number of ketones is 1. The van der Waals surface area contributed by atoms with Crippen molar-refractivity contribution in [2.24, 2.45) is 11.8 Å². The summed E-state index contributed by atoms with van der Waals surface area (Å²) in [5, 5.41) is 12.5. The first-order valence-corrected chi connectivity index (χ1v) is 11.7. The number of likely N-dealkylation sites (tertiary alicyclic amines) is 1. The van der Waals surface area contributed by atoms with Crippen LogP contribution in [0, 0.1) is 11.8 Å². The number of fused-ring (bicyclic) bond motifs is 1. The molecule has 3 aliphatic carbocycles. The predicted octanol–water partition coefficient (Wildman–Crippen LogP) is 4.04. The summed E-state index contributed by atoms with van der Waals surface area (Å²) in [7, 11) is 1.69. The van der Waals surface area contributed by atoms with Gasteiger partial charge in [0.25, 0.3) is 0 Å². The molecule has 3 atom stereocenters. The zero-order valence-corrected chi connectivity index (χ0v) is 18.6. The van der Waals surface area contributed by atoms with Crippen LogP contribution in [-0.4, -0.2) is 47.6 Å². The molecule has 1 aliphatic heterocycles. The number of methoxy groups -OCH3 is 1. The molecule has 0 aromatic heterocycles. The normalized spacial score (nSPS) is 34.8. The number of carbonyl (C=O) groups excluding carboxylic acids is 1. The zero-order valence-electron chi connectivity index (χ0n) is 18.6. The van der Waals surface area contributed by atoms with Crippen molar-refractivity contribution in [1.29, 1.82) is 0 Å². The molecular formula is C26H35NO3. The molecule has 1 saturated heterocycles. The third-order valence-electron chi connectivity index (χ3n) is 8.20. The Balaban J connectivity index is 1.61. The fraction of sp³-hybridized carbons (Fsp3) is 0.654. The van der Waals surface area contributed by atoms with Crippen molar-refractivity contribution in [3.8, 4) is 5.75 Å². The molecule has 162 valence electrons. The van der Waals surface area contributed by atoms with Crippen LogP contribution in [0.15, 0.2) is 29.8 Å². The Morgan fingerprint density at radius 3 is 2.80 bits per heavy atom. The molecule has 4 nitrogen and oxygen atoms in total. The molecule has 3 fully saturated rings. The number of hydrogen-bond acceptors (Lipinski definition) is 4. The first kappa shape index (κ1) is 20.3. The second kappa shape index (κ2) is 7.20. The van der Waals surface area contributed by atoms with E-state index in [9.17, 15) is 9.90 Å². The van der Waals surface area contributed by atoms with Crippen LogP contribution in [0.5, 0.6) is 5.75 Å². The highest BCUT2D eigenvalue weighted by atomic mass is 16.5. The van der Waals surface area contributed by atoms with E-state index >= 15 is 0 Å². The average molecular weight is 410 g/mol. The van der Waals surface area contributed by atoms with Crippen molar-refractivity contribution in [2.75, 3.05) is 20.2 Å². The summed E-state index contributed by atoms with van der Waals surface area (Å²) in [4.78, 5) is 15.9. The summed E-state index contributed by atoms with van der Waals surface area (Å²) in [5.41, 5.74) is 1.91. The standard InChI is InChI=1S/C26H35NO3/c1-17(2)4-7-20-14-26(29)24-12-19-8-9-21(30-3)13-22(19)25(26,15-23(20)28)10-11-27(24)16-18-5-6-18/h7-9,13,17-18,24,29H,4-6,10-12,14-16H2,1-3H3/b20-7+/t24-,25-,26-/m1/s1. The van der Waals surface area contributed by atoms with Crippen LogP contribution in [0.25, 0.3) is 0 Å². The number of benzene rings is 1. The molecule has 0 unspecified atom stereocenters. The lowest BCUT2D eigenvalue weighted by Crippen LogP contribution is -2.73. The zero-order chi connectivity index (χ0) is 21.1. The van der Waals surface area contributed by atoms with Crippen molar-refractivity contribution in [3.05, 3.63) is 41.0 Å². The molecule has 0 amide bonds. The van der Waals surface area contributed by atoms with Gasteiger partial charge in [-0.2, -0.15) is 0 Å². The molecule has 30 heavy (non-hydrogen) atoms. The lowest BCUT2D eigenvalue weighted by atomic mass is 9.48. The Labute approximate surface area is 180 Å². The smallest absolute Gasteiger partial charge is 0.159 e. The molecule has 1 heterocycles. The van der Waals surface area contributed by atoms with Crippen LogP contribution < -0.4 is 4.74 Å². The van der Waals surface area contributed by atoms with Crippen LogP contribution >= 0.6 is 0 Å². The molecular weight excluding hydrogens is 374 g/mol. The number of rotatable bonds is 5. The second-order valence-corrected chi connectivity index (χ2v) is 10.6. The van der Waals surface area contributed by atoms with E-state index < -0.39 is 11.0 Å². The van der Waals surface area contributed by atoms with Crippen LogP contribution in [0.1, 0.15) is 63.5 Å². The quantitative estimate of drug-likeness (QED) is 0.746. The lowest BCUT2D eigenvalue weighted by molar-refractivity contribution is -0.164. The summed E-state index contributed by atoms with van der Waals surface area (Å²) < 4.78 is 5.53. The van der Waals surface area contributed by atoms with E-state index in [0.717, 1.165) is 55.2 Å². The highest BCUT2D eigenvalue weighted by molar-refractivity contribution is 5.98. The van der Waals surface area contributed by atoms with Crippen LogP contribution in [0.2, 0.25) is 0 Å². The predicted molar refractivity (Wildman–Crippen MR) is 118 cm³/mol. The SMILES string of the molecule is COc1ccc2c(c1)[C@]13CCN(CC4CC4)[C@H](C2)[C@]1(O)C/C(=C\CC(C)C)C(=O)C3. The van der Waals surface area contributed by atoms with Crippen molar-refractivity contribution in [3.63, 3.8) is 0 Å². The summed E-state index contributed by atoms with van der Waals surface area (Å²) in [6, 6.07) is 6.38. The van der Waals surface area contributed by atoms with Crippen LogP contribution in [-0.2, 0) is 16.6 Å². The van der Waals surface area contributed by atoms with E-state index in [0.29, 0.717) is 18.8 Å². The molecule has 0 spiro atoms. The summed E-state index contributed by atoms with van der Waals surface area (Å²) in [6.45, 7) is 6.41. The second-order valence-electron chi connectivity index (χ2n) is 10.6. The van der Waals surface area contributed by atoms with Gasteiger partial charge in [0.1, 0.15) is 5.75 Å².